The lowest BCUT2D eigenvalue weighted by Crippen LogP contribution is -2.40. The van der Waals surface area contributed by atoms with Crippen molar-refractivity contribution in [1.29, 1.82) is 0 Å². The molecule has 2 atom stereocenters. The van der Waals surface area contributed by atoms with Gasteiger partial charge in [0.25, 0.3) is 0 Å². The van der Waals surface area contributed by atoms with Crippen LogP contribution < -0.4 is 10.1 Å². The number of aryl methyl sites for hydroxylation is 2. The molecule has 2 unspecified atom stereocenters. The summed E-state index contributed by atoms with van der Waals surface area (Å²) in [6.07, 6.45) is 5.39. The Bertz CT molecular complexity index is 439. The van der Waals surface area contributed by atoms with Gasteiger partial charge in [-0.25, -0.2) is 4.68 Å². The van der Waals surface area contributed by atoms with Crippen LogP contribution in [-0.2, 0) is 13.6 Å². The zero-order valence-corrected chi connectivity index (χ0v) is 13.6. The lowest BCUT2D eigenvalue weighted by atomic mass is 9.78. The number of rotatable bonds is 5. The molecule has 0 saturated heterocycles. The average molecular weight is 279 g/mol. The van der Waals surface area contributed by atoms with E-state index in [0.717, 1.165) is 30.0 Å². The van der Waals surface area contributed by atoms with Gasteiger partial charge in [-0.3, -0.25) is 0 Å². The molecule has 1 fully saturated rings. The molecule has 1 aliphatic carbocycles. The first-order chi connectivity index (χ1) is 9.54. The molecule has 0 aromatic carbocycles. The minimum atomic E-state index is 0.632. The van der Waals surface area contributed by atoms with Crippen molar-refractivity contribution in [2.75, 3.05) is 7.11 Å². The monoisotopic (exact) mass is 279 g/mol. The standard InChI is InChI=1S/C16H29N3O/c1-11(2)13-8-6-7-9-15(13)17-10-14-12(3)18-19(4)16(14)20-5/h11,13,15,17H,6-10H2,1-5H3. The minimum absolute atomic E-state index is 0.632. The smallest absolute Gasteiger partial charge is 0.216 e. The maximum absolute atomic E-state index is 5.47. The van der Waals surface area contributed by atoms with Crippen molar-refractivity contribution in [2.24, 2.45) is 18.9 Å². The van der Waals surface area contributed by atoms with Crippen molar-refractivity contribution < 1.29 is 4.74 Å². The molecular formula is C16H29N3O. The lowest BCUT2D eigenvalue weighted by Gasteiger charge is -2.35. The number of hydrogen-bond acceptors (Lipinski definition) is 3. The fraction of sp³-hybridized carbons (Fsp3) is 0.812. The van der Waals surface area contributed by atoms with Crippen molar-refractivity contribution in [3.63, 3.8) is 0 Å². The van der Waals surface area contributed by atoms with Gasteiger partial charge in [-0.05, 0) is 31.6 Å². The van der Waals surface area contributed by atoms with Gasteiger partial charge in [-0.2, -0.15) is 5.10 Å². The van der Waals surface area contributed by atoms with E-state index in [0.29, 0.717) is 6.04 Å². The van der Waals surface area contributed by atoms with Crippen molar-refractivity contribution in [3.05, 3.63) is 11.3 Å². The molecule has 1 aliphatic rings. The number of nitrogens with one attached hydrogen (secondary N) is 1. The second-order valence-corrected chi connectivity index (χ2v) is 6.38. The minimum Gasteiger partial charge on any atom is -0.481 e. The molecule has 0 radical (unpaired) electrons. The van der Waals surface area contributed by atoms with Crippen LogP contribution in [-0.4, -0.2) is 22.9 Å². The second-order valence-electron chi connectivity index (χ2n) is 6.38. The summed E-state index contributed by atoms with van der Waals surface area (Å²) < 4.78 is 7.30. The van der Waals surface area contributed by atoms with Crippen molar-refractivity contribution in [3.8, 4) is 5.88 Å². The maximum atomic E-state index is 5.47. The molecule has 0 bridgehead atoms. The number of methoxy groups -OCH3 is 1. The first-order valence-corrected chi connectivity index (χ1v) is 7.84. The number of nitrogens with zero attached hydrogens (tertiary/aromatic N) is 2. The molecule has 2 rings (SSSR count). The third-order valence-corrected chi connectivity index (χ3v) is 4.70. The molecule has 0 spiro atoms. The van der Waals surface area contributed by atoms with Crippen LogP contribution in [0.3, 0.4) is 0 Å². The van der Waals surface area contributed by atoms with Crippen molar-refractivity contribution >= 4 is 0 Å². The quantitative estimate of drug-likeness (QED) is 0.900. The van der Waals surface area contributed by atoms with Crippen LogP contribution in [0.2, 0.25) is 0 Å². The first kappa shape index (κ1) is 15.4. The van der Waals surface area contributed by atoms with E-state index in [1.807, 2.05) is 11.7 Å². The molecule has 4 heteroatoms. The normalized spacial score (nSPS) is 23.3. The fourth-order valence-corrected chi connectivity index (χ4v) is 3.58. The van der Waals surface area contributed by atoms with Crippen LogP contribution in [0, 0.1) is 18.8 Å². The number of hydrogen-bond donors (Lipinski definition) is 1. The van der Waals surface area contributed by atoms with Crippen LogP contribution in [0.1, 0.15) is 50.8 Å². The Labute approximate surface area is 122 Å². The molecule has 114 valence electrons. The molecule has 1 heterocycles. The van der Waals surface area contributed by atoms with E-state index >= 15 is 0 Å². The topological polar surface area (TPSA) is 39.1 Å². The molecule has 0 aliphatic heterocycles. The molecule has 1 aromatic heterocycles. The molecule has 0 amide bonds. The second kappa shape index (κ2) is 6.61. The SMILES string of the molecule is COc1c(CNC2CCCCC2C(C)C)c(C)nn1C. The van der Waals surface area contributed by atoms with E-state index in [2.05, 4.69) is 31.2 Å². The Balaban J connectivity index is 2.04. The highest BCUT2D eigenvalue weighted by Gasteiger charge is 2.27. The summed E-state index contributed by atoms with van der Waals surface area (Å²) >= 11 is 0. The van der Waals surface area contributed by atoms with Gasteiger partial charge in [0.1, 0.15) is 0 Å². The van der Waals surface area contributed by atoms with Gasteiger partial charge >= 0.3 is 0 Å². The predicted octanol–water partition coefficient (Wildman–Crippen LogP) is 3.04. The predicted molar refractivity (Wildman–Crippen MR) is 81.9 cm³/mol. The Hall–Kier alpha value is -1.03. The van der Waals surface area contributed by atoms with E-state index in [1.165, 1.54) is 31.2 Å². The highest BCUT2D eigenvalue weighted by Crippen LogP contribution is 2.31. The summed E-state index contributed by atoms with van der Waals surface area (Å²) in [5, 5.41) is 8.22. The number of aromatic nitrogens is 2. The highest BCUT2D eigenvalue weighted by molar-refractivity contribution is 5.30. The van der Waals surface area contributed by atoms with E-state index in [1.54, 1.807) is 7.11 Å². The van der Waals surface area contributed by atoms with Crippen molar-refractivity contribution in [1.82, 2.24) is 15.1 Å². The molecule has 20 heavy (non-hydrogen) atoms. The Morgan fingerprint density at radius 2 is 2.05 bits per heavy atom. The lowest BCUT2D eigenvalue weighted by molar-refractivity contribution is 0.204. The molecule has 1 aromatic rings. The average Bonchev–Trinajstić information content (AvgIpc) is 2.70. The summed E-state index contributed by atoms with van der Waals surface area (Å²) in [6, 6.07) is 0.632. The van der Waals surface area contributed by atoms with Crippen LogP contribution in [0.5, 0.6) is 5.88 Å². The third kappa shape index (κ3) is 3.17. The van der Waals surface area contributed by atoms with Gasteiger partial charge in [0.05, 0.1) is 18.4 Å². The van der Waals surface area contributed by atoms with Gasteiger partial charge in [0, 0.05) is 19.6 Å². The van der Waals surface area contributed by atoms with Gasteiger partial charge < -0.3 is 10.1 Å². The zero-order chi connectivity index (χ0) is 14.7. The summed E-state index contributed by atoms with van der Waals surface area (Å²) in [6.45, 7) is 7.61. The van der Waals surface area contributed by atoms with E-state index in [4.69, 9.17) is 4.74 Å². The summed E-state index contributed by atoms with van der Waals surface area (Å²) in [5.74, 6) is 2.43. The van der Waals surface area contributed by atoms with Gasteiger partial charge in [0.15, 0.2) is 0 Å². The fourth-order valence-electron chi connectivity index (χ4n) is 3.58. The Kier molecular flexibility index (Phi) is 5.08. The third-order valence-electron chi connectivity index (χ3n) is 4.70. The highest BCUT2D eigenvalue weighted by atomic mass is 16.5. The van der Waals surface area contributed by atoms with Crippen LogP contribution in [0.4, 0.5) is 0 Å². The van der Waals surface area contributed by atoms with Gasteiger partial charge in [0.2, 0.25) is 5.88 Å². The van der Waals surface area contributed by atoms with E-state index in [-0.39, 0.29) is 0 Å². The van der Waals surface area contributed by atoms with Crippen molar-refractivity contribution in [2.45, 2.75) is 59.0 Å². The molecule has 1 saturated carbocycles. The summed E-state index contributed by atoms with van der Waals surface area (Å²) in [5.41, 5.74) is 2.26. The van der Waals surface area contributed by atoms with Crippen LogP contribution >= 0.6 is 0 Å². The molecule has 1 N–H and O–H groups in total. The summed E-state index contributed by atoms with van der Waals surface area (Å²) in [7, 11) is 3.66. The zero-order valence-electron chi connectivity index (χ0n) is 13.6. The first-order valence-electron chi connectivity index (χ1n) is 7.84. The van der Waals surface area contributed by atoms with Gasteiger partial charge in [-0.1, -0.05) is 26.7 Å². The molecule has 4 nitrogen and oxygen atoms in total. The Morgan fingerprint density at radius 1 is 1.35 bits per heavy atom. The van der Waals surface area contributed by atoms with E-state index in [9.17, 15) is 0 Å². The largest absolute Gasteiger partial charge is 0.481 e. The Morgan fingerprint density at radius 3 is 2.70 bits per heavy atom. The maximum Gasteiger partial charge on any atom is 0.216 e. The van der Waals surface area contributed by atoms with Crippen LogP contribution in [0.25, 0.3) is 0 Å². The van der Waals surface area contributed by atoms with Gasteiger partial charge in [-0.15, -0.1) is 0 Å². The molecular weight excluding hydrogens is 250 g/mol. The van der Waals surface area contributed by atoms with E-state index < -0.39 is 0 Å². The number of ether oxygens (including phenoxy) is 1. The van der Waals surface area contributed by atoms with Crippen LogP contribution in [0.15, 0.2) is 0 Å². The summed E-state index contributed by atoms with van der Waals surface area (Å²) in [4.78, 5) is 0.